The number of unbranched alkanes of at least 4 members (excludes halogenated alkanes) is 18. The molecule has 0 aromatic rings. The topological polar surface area (TPSA) is 49.8 Å². The molecule has 0 aromatic heterocycles. The van der Waals surface area contributed by atoms with Gasteiger partial charge in [0, 0.05) is 0 Å². The summed E-state index contributed by atoms with van der Waals surface area (Å²) in [5, 5.41) is 9.52. The van der Waals surface area contributed by atoms with E-state index in [1.807, 2.05) is 0 Å². The summed E-state index contributed by atoms with van der Waals surface area (Å²) in [6.07, 6.45) is 51.5. The molecule has 0 saturated carbocycles. The predicted molar refractivity (Wildman–Crippen MR) is 212 cm³/mol. The monoisotopic (exact) mass is 672 g/mol. The van der Waals surface area contributed by atoms with Crippen molar-refractivity contribution in [3.8, 4) is 0 Å². The first-order valence-electron chi connectivity index (χ1n) is 20.6. The Morgan fingerprint density at radius 1 is 0.521 bits per heavy atom. The number of carbonyl (C=O) groups is 1. The maximum Gasteiger partial charge on any atom is 0.506 e. The minimum absolute atomic E-state index is 0.168. The third-order valence-corrected chi connectivity index (χ3v) is 9.42. The van der Waals surface area contributed by atoms with Crippen LogP contribution in [-0.4, -0.2) is 42.9 Å². The Bertz CT molecular complexity index is 736. The van der Waals surface area contributed by atoms with Gasteiger partial charge >= 0.3 is 6.16 Å². The second kappa shape index (κ2) is 38.0. The van der Waals surface area contributed by atoms with Crippen LogP contribution in [0.15, 0.2) is 48.6 Å². The summed E-state index contributed by atoms with van der Waals surface area (Å²) in [6, 6.07) is 0. The SMILES string of the molecule is CCCCCC=CCC=CCCCCCCCCC(CCCCCCCC/C=C\C/C=C\CCCCC)C(CCCN(C)C)OC(=O)O. The predicted octanol–water partition coefficient (Wildman–Crippen LogP) is 14.4. The molecule has 0 rings (SSSR count). The minimum Gasteiger partial charge on any atom is -0.450 e. The average Bonchev–Trinajstić information content (AvgIpc) is 3.06. The van der Waals surface area contributed by atoms with Crippen LogP contribution in [0, 0.1) is 5.92 Å². The standard InChI is InChI=1S/C44H81NO3/c1-5-7-9-11-13-15-17-19-21-23-25-27-29-31-33-35-38-42(43(48-44(46)47)40-37-41-45(3)4)39-36-34-32-30-28-26-24-22-20-18-16-14-12-10-8-6-2/h13-16,19-22,42-43H,5-12,17-18,23-41H2,1-4H3,(H,46,47)/b15-13-,16-14?,21-19-,22-20?. The molecular weight excluding hydrogens is 590 g/mol. The van der Waals surface area contributed by atoms with Crippen molar-refractivity contribution in [1.29, 1.82) is 0 Å². The zero-order valence-corrected chi connectivity index (χ0v) is 32.5. The van der Waals surface area contributed by atoms with Crippen molar-refractivity contribution < 1.29 is 14.6 Å². The molecule has 2 atom stereocenters. The normalized spacial score (nSPS) is 13.6. The van der Waals surface area contributed by atoms with E-state index in [9.17, 15) is 9.90 Å². The summed E-state index contributed by atoms with van der Waals surface area (Å²) in [6.45, 7) is 5.49. The number of allylic oxidation sites excluding steroid dienone is 8. The van der Waals surface area contributed by atoms with Gasteiger partial charge in [-0.15, -0.1) is 0 Å². The van der Waals surface area contributed by atoms with Crippen LogP contribution in [0.25, 0.3) is 0 Å². The van der Waals surface area contributed by atoms with Crippen LogP contribution >= 0.6 is 0 Å². The van der Waals surface area contributed by atoms with Crippen LogP contribution in [0.2, 0.25) is 0 Å². The third kappa shape index (κ3) is 35.5. The van der Waals surface area contributed by atoms with E-state index in [4.69, 9.17) is 4.74 Å². The Hall–Kier alpha value is -1.81. The lowest BCUT2D eigenvalue weighted by molar-refractivity contribution is 0.0131. The molecule has 0 aliphatic carbocycles. The second-order valence-corrected chi connectivity index (χ2v) is 14.4. The van der Waals surface area contributed by atoms with E-state index in [0.29, 0.717) is 5.92 Å². The van der Waals surface area contributed by atoms with E-state index in [0.717, 1.165) is 45.1 Å². The van der Waals surface area contributed by atoms with Crippen molar-refractivity contribution in [1.82, 2.24) is 4.90 Å². The number of rotatable bonds is 36. The van der Waals surface area contributed by atoms with Crippen molar-refractivity contribution >= 4 is 6.16 Å². The molecule has 0 bridgehead atoms. The molecule has 0 spiro atoms. The summed E-state index contributed by atoms with van der Waals surface area (Å²) >= 11 is 0. The van der Waals surface area contributed by atoms with Crippen LogP contribution in [-0.2, 0) is 4.74 Å². The molecule has 4 heteroatoms. The number of hydrogen-bond acceptors (Lipinski definition) is 3. The quantitative estimate of drug-likeness (QED) is 0.0409. The first-order valence-corrected chi connectivity index (χ1v) is 20.6. The minimum atomic E-state index is -1.11. The van der Waals surface area contributed by atoms with Gasteiger partial charge in [0.15, 0.2) is 0 Å². The summed E-state index contributed by atoms with van der Waals surface area (Å²) in [7, 11) is 4.16. The van der Waals surface area contributed by atoms with Crippen LogP contribution in [0.5, 0.6) is 0 Å². The van der Waals surface area contributed by atoms with E-state index in [1.54, 1.807) is 0 Å². The first kappa shape index (κ1) is 46.2. The Kier molecular flexibility index (Phi) is 36.6. The summed E-state index contributed by atoms with van der Waals surface area (Å²) in [5.41, 5.74) is 0. The molecule has 0 amide bonds. The molecule has 0 fully saturated rings. The fraction of sp³-hybridized carbons (Fsp3) is 0.795. The average molecular weight is 672 g/mol. The van der Waals surface area contributed by atoms with Crippen LogP contribution in [0.4, 0.5) is 4.79 Å². The maximum absolute atomic E-state index is 11.6. The Balaban J connectivity index is 4.31. The van der Waals surface area contributed by atoms with E-state index in [2.05, 4.69) is 81.5 Å². The fourth-order valence-corrected chi connectivity index (χ4v) is 6.43. The molecule has 0 aliphatic rings. The van der Waals surface area contributed by atoms with E-state index in [1.165, 1.54) is 141 Å². The van der Waals surface area contributed by atoms with Gasteiger partial charge in [-0.2, -0.15) is 0 Å². The Morgan fingerprint density at radius 2 is 0.896 bits per heavy atom. The van der Waals surface area contributed by atoms with Crippen molar-refractivity contribution in [2.24, 2.45) is 5.92 Å². The van der Waals surface area contributed by atoms with Crippen molar-refractivity contribution in [2.45, 2.75) is 200 Å². The van der Waals surface area contributed by atoms with Gasteiger partial charge < -0.3 is 14.7 Å². The van der Waals surface area contributed by atoms with Gasteiger partial charge in [0.2, 0.25) is 0 Å². The lowest BCUT2D eigenvalue weighted by atomic mass is 9.87. The Morgan fingerprint density at radius 3 is 1.27 bits per heavy atom. The first-order chi connectivity index (χ1) is 23.5. The Labute approximate surface area is 300 Å². The molecular formula is C44H81NO3. The maximum atomic E-state index is 11.6. The molecule has 280 valence electrons. The molecule has 2 unspecified atom stereocenters. The highest BCUT2D eigenvalue weighted by atomic mass is 16.7. The zero-order chi connectivity index (χ0) is 35.2. The van der Waals surface area contributed by atoms with Gasteiger partial charge in [-0.3, -0.25) is 0 Å². The largest absolute Gasteiger partial charge is 0.506 e. The van der Waals surface area contributed by atoms with Gasteiger partial charge in [0.05, 0.1) is 0 Å². The summed E-state index contributed by atoms with van der Waals surface area (Å²) in [5.74, 6) is 0.347. The number of ether oxygens (including phenoxy) is 1. The zero-order valence-electron chi connectivity index (χ0n) is 32.5. The van der Waals surface area contributed by atoms with Gasteiger partial charge in [-0.05, 0) is 116 Å². The molecule has 0 radical (unpaired) electrons. The molecule has 48 heavy (non-hydrogen) atoms. The summed E-state index contributed by atoms with van der Waals surface area (Å²) in [4.78, 5) is 13.8. The lowest BCUT2D eigenvalue weighted by Crippen LogP contribution is -2.28. The van der Waals surface area contributed by atoms with Gasteiger partial charge in [-0.1, -0.05) is 152 Å². The van der Waals surface area contributed by atoms with Gasteiger partial charge in [0.25, 0.3) is 0 Å². The molecule has 0 heterocycles. The lowest BCUT2D eigenvalue weighted by Gasteiger charge is -2.27. The smallest absolute Gasteiger partial charge is 0.450 e. The van der Waals surface area contributed by atoms with Crippen LogP contribution in [0.1, 0.15) is 194 Å². The van der Waals surface area contributed by atoms with Crippen LogP contribution < -0.4 is 0 Å². The molecule has 0 aliphatic heterocycles. The van der Waals surface area contributed by atoms with Gasteiger partial charge in [0.1, 0.15) is 6.10 Å². The third-order valence-electron chi connectivity index (χ3n) is 9.42. The van der Waals surface area contributed by atoms with Crippen molar-refractivity contribution in [2.75, 3.05) is 20.6 Å². The number of hydrogen-bond donors (Lipinski definition) is 1. The van der Waals surface area contributed by atoms with Crippen molar-refractivity contribution in [3.05, 3.63) is 48.6 Å². The second-order valence-electron chi connectivity index (χ2n) is 14.4. The number of carboxylic acid groups (broad SMARTS) is 1. The van der Waals surface area contributed by atoms with E-state index >= 15 is 0 Å². The highest BCUT2D eigenvalue weighted by Gasteiger charge is 2.24. The van der Waals surface area contributed by atoms with E-state index in [-0.39, 0.29) is 6.10 Å². The molecule has 0 saturated heterocycles. The molecule has 0 aromatic carbocycles. The fourth-order valence-electron chi connectivity index (χ4n) is 6.43. The highest BCUT2D eigenvalue weighted by Crippen LogP contribution is 2.27. The molecule has 1 N–H and O–H groups in total. The summed E-state index contributed by atoms with van der Waals surface area (Å²) < 4.78 is 5.53. The van der Waals surface area contributed by atoms with Crippen molar-refractivity contribution in [3.63, 3.8) is 0 Å². The molecule has 4 nitrogen and oxygen atoms in total. The highest BCUT2D eigenvalue weighted by molar-refractivity contribution is 5.57. The number of nitrogens with zero attached hydrogens (tertiary/aromatic N) is 1. The van der Waals surface area contributed by atoms with E-state index < -0.39 is 6.16 Å². The van der Waals surface area contributed by atoms with Crippen LogP contribution in [0.3, 0.4) is 0 Å². The van der Waals surface area contributed by atoms with Gasteiger partial charge in [-0.25, -0.2) is 4.79 Å².